The monoisotopic (exact) mass is 436 g/mol. The molecule has 1 saturated carbocycles. The third-order valence-electron chi connectivity index (χ3n) is 6.66. The molecule has 1 saturated heterocycles. The zero-order chi connectivity index (χ0) is 21.2. The molecule has 1 aromatic carbocycles. The predicted octanol–water partition coefficient (Wildman–Crippen LogP) is 3.67. The van der Waals surface area contributed by atoms with Crippen molar-refractivity contribution < 1.29 is 9.59 Å². The summed E-state index contributed by atoms with van der Waals surface area (Å²) >= 11 is 1.48. The first-order valence-electron chi connectivity index (χ1n) is 11.3. The standard InChI is InChI=1S/C24H28N4O2S/c29-22(27-15-13-26(14-16-27)18-7-2-1-3-8-18)17-28-20-10-4-5-11-21(20)31-23-19(24(28)30)9-6-12-25-23/h4-6,9-12,18H,1-3,7-8,13-17H2. The molecule has 1 aliphatic carbocycles. The van der Waals surface area contributed by atoms with Crippen LogP contribution in [0.3, 0.4) is 0 Å². The molecule has 0 radical (unpaired) electrons. The average Bonchev–Trinajstić information content (AvgIpc) is 2.94. The first-order valence-corrected chi connectivity index (χ1v) is 12.1. The summed E-state index contributed by atoms with van der Waals surface area (Å²) in [5.74, 6) is -0.140. The third-order valence-corrected chi connectivity index (χ3v) is 7.74. The number of hydrogen-bond donors (Lipinski definition) is 0. The summed E-state index contributed by atoms with van der Waals surface area (Å²) in [6.07, 6.45) is 8.30. The summed E-state index contributed by atoms with van der Waals surface area (Å²) in [5.41, 5.74) is 1.34. The van der Waals surface area contributed by atoms with Gasteiger partial charge in [0.15, 0.2) is 0 Å². The van der Waals surface area contributed by atoms with Crippen molar-refractivity contribution in [2.24, 2.45) is 0 Å². The molecule has 31 heavy (non-hydrogen) atoms. The highest BCUT2D eigenvalue weighted by molar-refractivity contribution is 7.99. The van der Waals surface area contributed by atoms with E-state index in [-0.39, 0.29) is 18.4 Å². The second-order valence-corrected chi connectivity index (χ2v) is 9.56. The first kappa shape index (κ1) is 20.5. The number of hydrogen-bond acceptors (Lipinski definition) is 5. The Balaban J connectivity index is 1.31. The molecule has 7 heteroatoms. The topological polar surface area (TPSA) is 56.8 Å². The fourth-order valence-corrected chi connectivity index (χ4v) is 5.95. The number of para-hydroxylation sites is 1. The number of carbonyl (C=O) groups excluding carboxylic acids is 2. The average molecular weight is 437 g/mol. The summed E-state index contributed by atoms with van der Waals surface area (Å²) in [4.78, 5) is 38.1. The zero-order valence-corrected chi connectivity index (χ0v) is 18.5. The van der Waals surface area contributed by atoms with E-state index in [4.69, 9.17) is 0 Å². The van der Waals surface area contributed by atoms with Gasteiger partial charge in [0.25, 0.3) is 5.91 Å². The van der Waals surface area contributed by atoms with Gasteiger partial charge in [0.2, 0.25) is 5.91 Å². The lowest BCUT2D eigenvalue weighted by Crippen LogP contribution is -2.54. The normalized spacial score (nSPS) is 20.2. The Kier molecular flexibility index (Phi) is 5.96. The Bertz CT molecular complexity index is 968. The number of anilines is 1. The van der Waals surface area contributed by atoms with E-state index in [1.165, 1.54) is 43.9 Å². The van der Waals surface area contributed by atoms with Gasteiger partial charge in [-0.15, -0.1) is 0 Å². The lowest BCUT2D eigenvalue weighted by molar-refractivity contribution is -0.131. The Labute approximate surface area is 187 Å². The zero-order valence-electron chi connectivity index (χ0n) is 17.7. The maximum Gasteiger partial charge on any atom is 0.261 e. The number of aromatic nitrogens is 1. The molecule has 0 spiro atoms. The van der Waals surface area contributed by atoms with Gasteiger partial charge in [-0.05, 0) is 37.1 Å². The van der Waals surface area contributed by atoms with E-state index in [0.717, 1.165) is 36.8 Å². The third kappa shape index (κ3) is 4.21. The van der Waals surface area contributed by atoms with Crippen LogP contribution in [-0.2, 0) is 4.79 Å². The first-order chi connectivity index (χ1) is 15.2. The molecule has 3 aliphatic rings. The maximum atomic E-state index is 13.4. The van der Waals surface area contributed by atoms with Crippen LogP contribution in [-0.4, -0.2) is 65.4 Å². The molecule has 2 aliphatic heterocycles. The number of pyridine rings is 1. The van der Waals surface area contributed by atoms with Crippen LogP contribution in [0.2, 0.25) is 0 Å². The van der Waals surface area contributed by atoms with Crippen LogP contribution in [0, 0.1) is 0 Å². The van der Waals surface area contributed by atoms with Crippen LogP contribution in [0.4, 0.5) is 5.69 Å². The van der Waals surface area contributed by atoms with Gasteiger partial charge < -0.3 is 4.90 Å². The van der Waals surface area contributed by atoms with Crippen molar-refractivity contribution >= 4 is 29.3 Å². The maximum absolute atomic E-state index is 13.4. The summed E-state index contributed by atoms with van der Waals surface area (Å²) < 4.78 is 0. The highest BCUT2D eigenvalue weighted by Gasteiger charge is 2.32. The van der Waals surface area contributed by atoms with Crippen molar-refractivity contribution in [3.63, 3.8) is 0 Å². The Morgan fingerprint density at radius 2 is 1.77 bits per heavy atom. The van der Waals surface area contributed by atoms with Crippen molar-refractivity contribution in [2.75, 3.05) is 37.6 Å². The minimum atomic E-state index is -0.158. The Hall–Kier alpha value is -2.38. The van der Waals surface area contributed by atoms with Crippen molar-refractivity contribution in [2.45, 2.75) is 48.1 Å². The second kappa shape index (κ2) is 9.01. The molecule has 1 aromatic heterocycles. The lowest BCUT2D eigenvalue weighted by atomic mass is 9.94. The van der Waals surface area contributed by atoms with Crippen LogP contribution in [0.15, 0.2) is 52.5 Å². The van der Waals surface area contributed by atoms with Gasteiger partial charge in [-0.1, -0.05) is 43.2 Å². The van der Waals surface area contributed by atoms with Gasteiger partial charge in [0, 0.05) is 43.3 Å². The van der Waals surface area contributed by atoms with E-state index in [1.54, 1.807) is 23.2 Å². The molecule has 6 nitrogen and oxygen atoms in total. The fraction of sp³-hybridized carbons (Fsp3) is 0.458. The molecule has 2 fully saturated rings. The largest absolute Gasteiger partial charge is 0.339 e. The lowest BCUT2D eigenvalue weighted by Gasteiger charge is -2.41. The quantitative estimate of drug-likeness (QED) is 0.735. The minimum Gasteiger partial charge on any atom is -0.339 e. The predicted molar refractivity (Wildman–Crippen MR) is 122 cm³/mol. The van der Waals surface area contributed by atoms with E-state index in [1.807, 2.05) is 29.2 Å². The number of carbonyl (C=O) groups is 2. The van der Waals surface area contributed by atoms with Gasteiger partial charge in [-0.2, -0.15) is 0 Å². The van der Waals surface area contributed by atoms with Crippen LogP contribution in [0.25, 0.3) is 0 Å². The number of amides is 2. The smallest absolute Gasteiger partial charge is 0.261 e. The van der Waals surface area contributed by atoms with Crippen molar-refractivity contribution in [3.8, 4) is 0 Å². The Morgan fingerprint density at radius 1 is 1.00 bits per heavy atom. The molecule has 5 rings (SSSR count). The number of rotatable bonds is 3. The summed E-state index contributed by atoms with van der Waals surface area (Å²) in [5, 5.41) is 0.691. The molecule has 0 N–H and O–H groups in total. The molecule has 2 aromatic rings. The van der Waals surface area contributed by atoms with Gasteiger partial charge in [0.1, 0.15) is 11.6 Å². The summed E-state index contributed by atoms with van der Waals surface area (Å²) in [6.45, 7) is 3.42. The number of piperazine rings is 1. The highest BCUT2D eigenvalue weighted by atomic mass is 32.2. The van der Waals surface area contributed by atoms with Gasteiger partial charge in [0.05, 0.1) is 11.3 Å². The molecule has 2 amide bonds. The van der Waals surface area contributed by atoms with E-state index in [0.29, 0.717) is 16.6 Å². The van der Waals surface area contributed by atoms with Gasteiger partial charge in [-0.3, -0.25) is 19.4 Å². The molecular formula is C24H28N4O2S. The number of fused-ring (bicyclic) bond motifs is 2. The van der Waals surface area contributed by atoms with Crippen LogP contribution >= 0.6 is 11.8 Å². The SMILES string of the molecule is O=C(CN1C(=O)c2cccnc2Sc2ccccc21)N1CCN(C2CCCCC2)CC1. The van der Waals surface area contributed by atoms with Crippen LogP contribution < -0.4 is 4.90 Å². The second-order valence-electron chi connectivity index (χ2n) is 8.53. The van der Waals surface area contributed by atoms with Crippen molar-refractivity contribution in [3.05, 3.63) is 48.2 Å². The van der Waals surface area contributed by atoms with E-state index in [9.17, 15) is 9.59 Å². The summed E-state index contributed by atoms with van der Waals surface area (Å²) in [6, 6.07) is 12.0. The van der Waals surface area contributed by atoms with Gasteiger partial charge >= 0.3 is 0 Å². The molecule has 3 heterocycles. The summed E-state index contributed by atoms with van der Waals surface area (Å²) in [7, 11) is 0. The molecule has 0 bridgehead atoms. The van der Waals surface area contributed by atoms with Crippen molar-refractivity contribution in [1.29, 1.82) is 0 Å². The fourth-order valence-electron chi connectivity index (χ4n) is 4.94. The minimum absolute atomic E-state index is 0.0174. The molecule has 0 unspecified atom stereocenters. The molecular weight excluding hydrogens is 408 g/mol. The van der Waals surface area contributed by atoms with Crippen molar-refractivity contribution in [1.82, 2.24) is 14.8 Å². The number of benzene rings is 1. The molecule has 0 atom stereocenters. The van der Waals surface area contributed by atoms with Crippen LogP contribution in [0.1, 0.15) is 42.5 Å². The highest BCUT2D eigenvalue weighted by Crippen LogP contribution is 2.40. The molecule has 162 valence electrons. The van der Waals surface area contributed by atoms with Gasteiger partial charge in [-0.25, -0.2) is 4.98 Å². The van der Waals surface area contributed by atoms with E-state index < -0.39 is 0 Å². The van der Waals surface area contributed by atoms with Crippen LogP contribution in [0.5, 0.6) is 0 Å². The van der Waals surface area contributed by atoms with E-state index in [2.05, 4.69) is 9.88 Å². The van der Waals surface area contributed by atoms with E-state index >= 15 is 0 Å². The number of nitrogens with zero attached hydrogens (tertiary/aromatic N) is 4. The Morgan fingerprint density at radius 3 is 2.58 bits per heavy atom.